The van der Waals surface area contributed by atoms with Crippen molar-refractivity contribution in [2.75, 3.05) is 11.9 Å². The number of hydrogen-bond acceptors (Lipinski definition) is 2. The minimum Gasteiger partial charge on any atom is -0.306 e. The second-order valence-corrected chi connectivity index (χ2v) is 3.77. The summed E-state index contributed by atoms with van der Waals surface area (Å²) in [6, 6.07) is 5.00. The summed E-state index contributed by atoms with van der Waals surface area (Å²) in [7, 11) is 0. The molecule has 1 rings (SSSR count). The van der Waals surface area contributed by atoms with E-state index in [9.17, 15) is 9.18 Å². The molecule has 0 aliphatic carbocycles. The van der Waals surface area contributed by atoms with E-state index in [-0.39, 0.29) is 5.82 Å². The van der Waals surface area contributed by atoms with Crippen LogP contribution in [0.4, 0.5) is 14.9 Å². The third-order valence-corrected chi connectivity index (χ3v) is 1.68. The predicted molar refractivity (Wildman–Crippen MR) is 59.3 cm³/mol. The Hall–Kier alpha value is -1.62. The number of rotatable bonds is 4. The van der Waals surface area contributed by atoms with Gasteiger partial charge in [0, 0.05) is 5.69 Å². The molecular formula is C11H15FN2O2. The zero-order chi connectivity index (χ0) is 12.0. The van der Waals surface area contributed by atoms with Crippen LogP contribution in [0.5, 0.6) is 0 Å². The molecule has 4 nitrogen and oxygen atoms in total. The second-order valence-electron chi connectivity index (χ2n) is 3.77. The summed E-state index contributed by atoms with van der Waals surface area (Å²) in [6.45, 7) is 4.38. The monoisotopic (exact) mass is 226 g/mol. The Morgan fingerprint density at radius 3 is 2.56 bits per heavy atom. The van der Waals surface area contributed by atoms with E-state index in [1.807, 2.05) is 13.8 Å². The summed E-state index contributed by atoms with van der Waals surface area (Å²) in [5.41, 5.74) is 2.74. The fourth-order valence-electron chi connectivity index (χ4n) is 0.964. The minimum absolute atomic E-state index is 0.339. The Bertz CT molecular complexity index is 338. The van der Waals surface area contributed by atoms with Crippen LogP contribution >= 0.6 is 0 Å². The van der Waals surface area contributed by atoms with Crippen LogP contribution in [0.15, 0.2) is 24.3 Å². The third-order valence-electron chi connectivity index (χ3n) is 1.68. The smallest absolute Gasteiger partial charge is 0.306 e. The van der Waals surface area contributed by atoms with Crippen molar-refractivity contribution < 1.29 is 14.0 Å². The van der Waals surface area contributed by atoms with E-state index in [1.54, 1.807) is 0 Å². The molecule has 2 amide bonds. The van der Waals surface area contributed by atoms with E-state index >= 15 is 0 Å². The molecule has 0 saturated heterocycles. The number of carbonyl (C=O) groups excluding carboxylic acids is 1. The molecule has 16 heavy (non-hydrogen) atoms. The number of halogens is 1. The van der Waals surface area contributed by atoms with E-state index in [0.29, 0.717) is 18.2 Å². The normalized spacial score (nSPS) is 10.2. The molecule has 0 aliphatic rings. The average molecular weight is 226 g/mol. The van der Waals surface area contributed by atoms with Crippen molar-refractivity contribution in [3.8, 4) is 0 Å². The highest BCUT2D eigenvalue weighted by Gasteiger charge is 2.02. The molecule has 88 valence electrons. The number of nitrogens with one attached hydrogen (secondary N) is 2. The average Bonchev–Trinajstić information content (AvgIpc) is 2.21. The van der Waals surface area contributed by atoms with Gasteiger partial charge in [0.05, 0.1) is 6.61 Å². The molecule has 1 aromatic rings. The summed E-state index contributed by atoms with van der Waals surface area (Å²) in [5, 5.41) is 2.50. The lowest BCUT2D eigenvalue weighted by Gasteiger charge is -2.09. The van der Waals surface area contributed by atoms with Crippen LogP contribution in [-0.2, 0) is 4.84 Å². The highest BCUT2D eigenvalue weighted by Crippen LogP contribution is 2.07. The number of hydrogen-bond donors (Lipinski definition) is 2. The lowest BCUT2D eigenvalue weighted by atomic mass is 10.2. The zero-order valence-corrected chi connectivity index (χ0v) is 9.29. The number of amides is 2. The first kappa shape index (κ1) is 12.4. The Morgan fingerprint density at radius 2 is 2.00 bits per heavy atom. The van der Waals surface area contributed by atoms with E-state index in [4.69, 9.17) is 4.84 Å². The van der Waals surface area contributed by atoms with Crippen LogP contribution in [0.2, 0.25) is 0 Å². The van der Waals surface area contributed by atoms with Crippen molar-refractivity contribution in [3.63, 3.8) is 0 Å². The number of carbonyl (C=O) groups is 1. The van der Waals surface area contributed by atoms with Gasteiger partial charge in [0.2, 0.25) is 0 Å². The molecule has 0 atom stereocenters. The van der Waals surface area contributed by atoms with Crippen molar-refractivity contribution in [2.24, 2.45) is 5.92 Å². The van der Waals surface area contributed by atoms with Crippen LogP contribution in [-0.4, -0.2) is 12.6 Å². The van der Waals surface area contributed by atoms with Crippen molar-refractivity contribution in [1.82, 2.24) is 5.48 Å². The van der Waals surface area contributed by atoms with E-state index in [1.165, 1.54) is 24.3 Å². The van der Waals surface area contributed by atoms with Gasteiger partial charge >= 0.3 is 6.03 Å². The first-order valence-corrected chi connectivity index (χ1v) is 5.02. The molecule has 0 radical (unpaired) electrons. The number of urea groups is 1. The van der Waals surface area contributed by atoms with Crippen LogP contribution in [0.3, 0.4) is 0 Å². The molecule has 2 N–H and O–H groups in total. The maximum atomic E-state index is 12.6. The van der Waals surface area contributed by atoms with Gasteiger partial charge in [0.1, 0.15) is 5.82 Å². The fraction of sp³-hybridized carbons (Fsp3) is 0.364. The van der Waals surface area contributed by atoms with Gasteiger partial charge in [-0.2, -0.15) is 0 Å². The largest absolute Gasteiger partial charge is 0.343 e. The lowest BCUT2D eigenvalue weighted by molar-refractivity contribution is 0.0482. The molecule has 0 saturated carbocycles. The third kappa shape index (κ3) is 4.75. The molecule has 0 heterocycles. The SMILES string of the molecule is CC(C)CONC(=O)Nc1ccc(F)cc1. The van der Waals surface area contributed by atoms with Crippen molar-refractivity contribution in [3.05, 3.63) is 30.1 Å². The molecule has 0 spiro atoms. The van der Waals surface area contributed by atoms with Gasteiger partial charge in [-0.05, 0) is 30.2 Å². The quantitative estimate of drug-likeness (QED) is 0.775. The maximum absolute atomic E-state index is 12.6. The summed E-state index contributed by atoms with van der Waals surface area (Å²) in [6.07, 6.45) is 0. The van der Waals surface area contributed by atoms with Crippen LogP contribution in [0, 0.1) is 11.7 Å². The molecule has 0 unspecified atom stereocenters. The van der Waals surface area contributed by atoms with Gasteiger partial charge in [-0.25, -0.2) is 14.7 Å². The molecule has 0 aliphatic heterocycles. The van der Waals surface area contributed by atoms with Crippen LogP contribution in [0.25, 0.3) is 0 Å². The van der Waals surface area contributed by atoms with Gasteiger partial charge in [-0.1, -0.05) is 13.8 Å². The Kier molecular flexibility index (Phi) is 4.72. The fourth-order valence-corrected chi connectivity index (χ4v) is 0.964. The van der Waals surface area contributed by atoms with Crippen LogP contribution < -0.4 is 10.8 Å². The van der Waals surface area contributed by atoms with Crippen molar-refractivity contribution in [2.45, 2.75) is 13.8 Å². The van der Waals surface area contributed by atoms with Crippen molar-refractivity contribution >= 4 is 11.7 Å². The molecular weight excluding hydrogens is 211 g/mol. The first-order valence-electron chi connectivity index (χ1n) is 5.02. The highest BCUT2D eigenvalue weighted by atomic mass is 19.1. The Balaban J connectivity index is 2.31. The predicted octanol–water partition coefficient (Wildman–Crippen LogP) is 2.53. The molecule has 0 aromatic heterocycles. The van der Waals surface area contributed by atoms with Gasteiger partial charge in [-0.3, -0.25) is 4.84 Å². The van der Waals surface area contributed by atoms with Gasteiger partial charge in [0.15, 0.2) is 0 Å². The van der Waals surface area contributed by atoms with E-state index in [2.05, 4.69) is 10.8 Å². The molecule has 1 aromatic carbocycles. The number of hydroxylamine groups is 1. The number of benzene rings is 1. The summed E-state index contributed by atoms with van der Waals surface area (Å²) >= 11 is 0. The second kappa shape index (κ2) is 6.07. The summed E-state index contributed by atoms with van der Waals surface area (Å²) in [5.74, 6) is -0.00635. The Morgan fingerprint density at radius 1 is 1.38 bits per heavy atom. The van der Waals surface area contributed by atoms with Crippen molar-refractivity contribution in [1.29, 1.82) is 0 Å². The van der Waals surface area contributed by atoms with Crippen LogP contribution in [0.1, 0.15) is 13.8 Å². The maximum Gasteiger partial charge on any atom is 0.343 e. The van der Waals surface area contributed by atoms with E-state index < -0.39 is 6.03 Å². The zero-order valence-electron chi connectivity index (χ0n) is 9.29. The lowest BCUT2D eigenvalue weighted by Crippen LogP contribution is -2.30. The minimum atomic E-state index is -0.479. The Labute approximate surface area is 93.8 Å². The number of anilines is 1. The summed E-state index contributed by atoms with van der Waals surface area (Å²) < 4.78 is 12.6. The standard InChI is InChI=1S/C11H15FN2O2/c1-8(2)7-16-14-11(15)13-10-5-3-9(12)4-6-10/h3-6,8H,7H2,1-2H3,(H2,13,14,15). The molecule has 5 heteroatoms. The molecule has 0 bridgehead atoms. The van der Waals surface area contributed by atoms with Gasteiger partial charge in [-0.15, -0.1) is 0 Å². The highest BCUT2D eigenvalue weighted by molar-refractivity contribution is 5.88. The topological polar surface area (TPSA) is 50.4 Å². The van der Waals surface area contributed by atoms with Gasteiger partial charge < -0.3 is 5.32 Å². The van der Waals surface area contributed by atoms with E-state index in [0.717, 1.165) is 0 Å². The molecule has 0 fully saturated rings. The summed E-state index contributed by atoms with van der Waals surface area (Å²) in [4.78, 5) is 16.2. The van der Waals surface area contributed by atoms with Gasteiger partial charge in [0.25, 0.3) is 0 Å². The first-order chi connectivity index (χ1) is 7.58.